The summed E-state index contributed by atoms with van der Waals surface area (Å²) in [6.07, 6.45) is 0.774. The molecule has 0 atom stereocenters. The summed E-state index contributed by atoms with van der Waals surface area (Å²) < 4.78 is 9.30. The number of carbonyl (C=O) groups is 3. The Bertz CT molecular complexity index is 929. The van der Waals surface area contributed by atoms with Gasteiger partial charge in [-0.2, -0.15) is 0 Å². The highest BCUT2D eigenvalue weighted by Gasteiger charge is 2.14. The number of benzene rings is 1. The quantitative estimate of drug-likeness (QED) is 0.327. The third-order valence-electron chi connectivity index (χ3n) is 3.90. The zero-order valence-corrected chi connectivity index (χ0v) is 17.8. The van der Waals surface area contributed by atoms with Crippen LogP contribution in [0, 0.1) is 0 Å². The van der Waals surface area contributed by atoms with Crippen molar-refractivity contribution < 1.29 is 29.0 Å². The molecule has 0 spiro atoms. The molecule has 10 nitrogen and oxygen atoms in total. The van der Waals surface area contributed by atoms with Gasteiger partial charge in [0, 0.05) is 24.8 Å². The van der Waals surface area contributed by atoms with Crippen LogP contribution >= 0.6 is 22.9 Å². The molecule has 2 aromatic rings. The minimum Gasteiger partial charge on any atom is -0.506 e. The molecule has 1 aromatic carbocycles. The second kappa shape index (κ2) is 11.2. The molecule has 12 heteroatoms. The Morgan fingerprint density at radius 2 is 1.83 bits per heavy atom. The minimum atomic E-state index is -0.399. The number of hydrogen-bond donors (Lipinski definition) is 1. The van der Waals surface area contributed by atoms with Crippen LogP contribution in [0.5, 0.6) is 5.75 Å². The number of esters is 2. The Balaban J connectivity index is 2.18. The Labute approximate surface area is 181 Å². The van der Waals surface area contributed by atoms with Gasteiger partial charge in [-0.3, -0.25) is 14.4 Å². The number of aldehydes is 1. The molecule has 1 aromatic heterocycles. The van der Waals surface area contributed by atoms with Crippen LogP contribution in [0.3, 0.4) is 0 Å². The lowest BCUT2D eigenvalue weighted by atomic mass is 10.2. The Kier molecular flexibility index (Phi) is 8.69. The molecule has 0 aliphatic heterocycles. The number of halogens is 1. The number of phenolic OH excluding ortho intramolecular Hbond substituents is 1. The van der Waals surface area contributed by atoms with Gasteiger partial charge in [0.15, 0.2) is 11.4 Å². The molecule has 0 aliphatic rings. The fraction of sp³-hybridized carbons (Fsp3) is 0.333. The van der Waals surface area contributed by atoms with Crippen molar-refractivity contribution in [2.45, 2.75) is 12.8 Å². The predicted octanol–water partition coefficient (Wildman–Crippen LogP) is 3.66. The van der Waals surface area contributed by atoms with E-state index in [4.69, 9.17) is 11.6 Å². The number of anilines is 1. The third kappa shape index (κ3) is 6.49. The van der Waals surface area contributed by atoms with E-state index in [2.05, 4.69) is 24.7 Å². The number of carbonyl (C=O) groups excluding carboxylic acids is 3. The second-order valence-electron chi connectivity index (χ2n) is 5.78. The molecule has 1 N–H and O–H groups in total. The van der Waals surface area contributed by atoms with Crippen LogP contribution in [0.4, 0.5) is 16.5 Å². The summed E-state index contributed by atoms with van der Waals surface area (Å²) in [6, 6.07) is 4.62. The average molecular weight is 455 g/mol. The number of azo groups is 1. The topological polar surface area (TPSA) is 131 Å². The normalized spacial score (nSPS) is 10.8. The van der Waals surface area contributed by atoms with Crippen molar-refractivity contribution in [3.63, 3.8) is 0 Å². The van der Waals surface area contributed by atoms with Crippen molar-refractivity contribution in [3.8, 4) is 5.75 Å². The molecule has 0 bridgehead atoms. The Morgan fingerprint density at radius 3 is 2.33 bits per heavy atom. The number of rotatable bonds is 10. The van der Waals surface area contributed by atoms with Crippen LogP contribution in [0.15, 0.2) is 28.4 Å². The summed E-state index contributed by atoms with van der Waals surface area (Å²) in [6.45, 7) is 0.548. The van der Waals surface area contributed by atoms with E-state index in [-0.39, 0.29) is 52.5 Å². The first-order chi connectivity index (χ1) is 14.4. The molecule has 0 saturated carbocycles. The SMILES string of the molecule is COC(=O)CCN(CCC(=O)OC)c1ccc(/N=N/c2nc(Cl)c(C=O)s2)c(O)c1. The van der Waals surface area contributed by atoms with Gasteiger partial charge >= 0.3 is 11.9 Å². The van der Waals surface area contributed by atoms with E-state index >= 15 is 0 Å². The highest BCUT2D eigenvalue weighted by atomic mass is 35.5. The number of ether oxygens (including phenoxy) is 2. The van der Waals surface area contributed by atoms with Crippen LogP contribution in [0.1, 0.15) is 22.5 Å². The van der Waals surface area contributed by atoms with Crippen molar-refractivity contribution in [1.82, 2.24) is 4.98 Å². The lowest BCUT2D eigenvalue weighted by Gasteiger charge is -2.24. The summed E-state index contributed by atoms with van der Waals surface area (Å²) in [5.74, 6) is -0.968. The average Bonchev–Trinajstić information content (AvgIpc) is 3.11. The summed E-state index contributed by atoms with van der Waals surface area (Å²) in [4.78, 5) is 39.6. The van der Waals surface area contributed by atoms with Crippen LogP contribution in [-0.2, 0) is 19.1 Å². The second-order valence-corrected chi connectivity index (χ2v) is 7.15. The Hall–Kier alpha value is -3.05. The molecule has 0 aliphatic carbocycles. The lowest BCUT2D eigenvalue weighted by Crippen LogP contribution is -2.29. The van der Waals surface area contributed by atoms with E-state index in [0.717, 1.165) is 11.3 Å². The van der Waals surface area contributed by atoms with Crippen LogP contribution in [0.2, 0.25) is 5.15 Å². The number of nitrogens with zero attached hydrogens (tertiary/aromatic N) is 4. The van der Waals surface area contributed by atoms with Crippen molar-refractivity contribution in [2.24, 2.45) is 10.2 Å². The van der Waals surface area contributed by atoms with E-state index in [1.165, 1.54) is 26.4 Å². The standard InChI is InChI=1S/C18H19ClN4O6S/c1-28-15(26)5-7-23(8-6-16(27)29-2)11-3-4-12(13(25)9-11)21-22-18-20-17(19)14(10-24)30-18/h3-4,9-10,25H,5-8H2,1-2H3/b22-21+. The zero-order valence-electron chi connectivity index (χ0n) is 16.2. The molecule has 0 amide bonds. The highest BCUT2D eigenvalue weighted by Crippen LogP contribution is 2.34. The molecule has 0 unspecified atom stereocenters. The van der Waals surface area contributed by atoms with Gasteiger partial charge in [-0.25, -0.2) is 4.98 Å². The minimum absolute atomic E-state index is 0.0374. The number of hydrogen-bond acceptors (Lipinski definition) is 11. The van der Waals surface area contributed by atoms with E-state index in [1.807, 2.05) is 0 Å². The van der Waals surface area contributed by atoms with E-state index in [9.17, 15) is 19.5 Å². The summed E-state index contributed by atoms with van der Waals surface area (Å²) in [5, 5.41) is 18.3. The number of phenols is 1. The molecule has 0 fully saturated rings. The van der Waals surface area contributed by atoms with Gasteiger partial charge in [-0.05, 0) is 12.1 Å². The van der Waals surface area contributed by atoms with E-state index in [1.54, 1.807) is 11.0 Å². The molecular formula is C18H19ClN4O6S. The van der Waals surface area contributed by atoms with Gasteiger partial charge in [0.05, 0.1) is 27.1 Å². The summed E-state index contributed by atoms with van der Waals surface area (Å²) in [7, 11) is 2.58. The molecule has 1 heterocycles. The fourth-order valence-electron chi connectivity index (χ4n) is 2.33. The maximum Gasteiger partial charge on any atom is 0.307 e. The number of thiazole rings is 1. The fourth-order valence-corrected chi connectivity index (χ4v) is 3.22. The monoisotopic (exact) mass is 454 g/mol. The van der Waals surface area contributed by atoms with Gasteiger partial charge < -0.3 is 19.5 Å². The van der Waals surface area contributed by atoms with Crippen molar-refractivity contribution in [2.75, 3.05) is 32.2 Å². The van der Waals surface area contributed by atoms with Crippen molar-refractivity contribution in [3.05, 3.63) is 28.2 Å². The maximum absolute atomic E-state index is 11.5. The Morgan fingerprint density at radius 1 is 1.20 bits per heavy atom. The largest absolute Gasteiger partial charge is 0.506 e. The van der Waals surface area contributed by atoms with E-state index in [0.29, 0.717) is 12.0 Å². The number of aromatic hydroxyl groups is 1. The third-order valence-corrected chi connectivity index (χ3v) is 5.17. The van der Waals surface area contributed by atoms with Crippen LogP contribution in [-0.4, -0.2) is 55.6 Å². The van der Waals surface area contributed by atoms with Gasteiger partial charge in [0.2, 0.25) is 5.13 Å². The maximum atomic E-state index is 11.5. The highest BCUT2D eigenvalue weighted by molar-refractivity contribution is 7.17. The smallest absolute Gasteiger partial charge is 0.307 e. The van der Waals surface area contributed by atoms with Crippen molar-refractivity contribution >= 4 is 57.7 Å². The number of aromatic nitrogens is 1. The van der Waals surface area contributed by atoms with Crippen molar-refractivity contribution in [1.29, 1.82) is 0 Å². The van der Waals surface area contributed by atoms with Gasteiger partial charge in [0.1, 0.15) is 16.3 Å². The zero-order chi connectivity index (χ0) is 22.1. The molecule has 0 saturated heterocycles. The first kappa shape index (κ1) is 23.2. The molecule has 30 heavy (non-hydrogen) atoms. The first-order valence-corrected chi connectivity index (χ1v) is 9.82. The molecule has 2 rings (SSSR count). The van der Waals surface area contributed by atoms with Gasteiger partial charge in [-0.1, -0.05) is 22.9 Å². The number of methoxy groups -OCH3 is 2. The van der Waals surface area contributed by atoms with Gasteiger partial charge in [0.25, 0.3) is 0 Å². The van der Waals surface area contributed by atoms with Gasteiger partial charge in [-0.15, -0.1) is 10.2 Å². The predicted molar refractivity (Wildman–Crippen MR) is 110 cm³/mol. The molecule has 0 radical (unpaired) electrons. The molecule has 160 valence electrons. The lowest BCUT2D eigenvalue weighted by molar-refractivity contribution is -0.140. The van der Waals surface area contributed by atoms with Crippen LogP contribution in [0.25, 0.3) is 0 Å². The molecular weight excluding hydrogens is 436 g/mol. The summed E-state index contributed by atoms with van der Waals surface area (Å²) >= 11 is 6.75. The van der Waals surface area contributed by atoms with E-state index < -0.39 is 11.9 Å². The first-order valence-electron chi connectivity index (χ1n) is 8.62. The summed E-state index contributed by atoms with van der Waals surface area (Å²) in [5.41, 5.74) is 0.735. The van der Waals surface area contributed by atoms with Crippen LogP contribution < -0.4 is 4.90 Å².